The average molecular weight is 473 g/mol. The summed E-state index contributed by atoms with van der Waals surface area (Å²) in [6.07, 6.45) is -0.471. The van der Waals surface area contributed by atoms with Gasteiger partial charge in [0.05, 0.1) is 6.42 Å². The Morgan fingerprint density at radius 1 is 0.857 bits per heavy atom. The molecule has 0 bridgehead atoms. The molecule has 180 valence electrons. The van der Waals surface area contributed by atoms with E-state index in [0.29, 0.717) is 12.0 Å². The summed E-state index contributed by atoms with van der Waals surface area (Å²) >= 11 is 0. The minimum Gasteiger partial charge on any atom is -0.481 e. The first-order valence-corrected chi connectivity index (χ1v) is 11.7. The molecular weight excluding hydrogens is 444 g/mol. The van der Waals surface area contributed by atoms with E-state index in [1.807, 2.05) is 42.5 Å². The lowest BCUT2D eigenvalue weighted by molar-refractivity contribution is -0.137. The third kappa shape index (κ3) is 5.51. The Balaban J connectivity index is 1.47. The number of carbonyl (C=O) groups excluding carboxylic acids is 2. The number of carboxylic acid groups (broad SMARTS) is 1. The molecule has 0 fully saturated rings. The van der Waals surface area contributed by atoms with Crippen molar-refractivity contribution in [2.45, 2.75) is 37.8 Å². The van der Waals surface area contributed by atoms with Crippen LogP contribution in [-0.2, 0) is 14.3 Å². The summed E-state index contributed by atoms with van der Waals surface area (Å²) in [6.45, 7) is 1.92. The third-order valence-electron chi connectivity index (χ3n) is 6.26. The highest BCUT2D eigenvalue weighted by atomic mass is 16.5. The first kappa shape index (κ1) is 24.0. The van der Waals surface area contributed by atoms with Crippen molar-refractivity contribution in [2.75, 3.05) is 6.61 Å². The van der Waals surface area contributed by atoms with E-state index in [0.717, 1.165) is 22.3 Å². The summed E-state index contributed by atoms with van der Waals surface area (Å²) in [6, 6.07) is 23.3. The fourth-order valence-corrected chi connectivity index (χ4v) is 4.50. The molecule has 1 aliphatic carbocycles. The van der Waals surface area contributed by atoms with Crippen molar-refractivity contribution in [1.82, 2.24) is 10.6 Å². The smallest absolute Gasteiger partial charge is 0.408 e. The lowest BCUT2D eigenvalue weighted by atomic mass is 9.98. The molecule has 0 spiro atoms. The van der Waals surface area contributed by atoms with Gasteiger partial charge in [-0.15, -0.1) is 0 Å². The van der Waals surface area contributed by atoms with Crippen LogP contribution in [0.15, 0.2) is 78.9 Å². The molecule has 0 saturated carbocycles. The molecule has 4 rings (SSSR count). The average Bonchev–Trinajstić information content (AvgIpc) is 3.19. The van der Waals surface area contributed by atoms with E-state index >= 15 is 0 Å². The Labute approximate surface area is 204 Å². The number of hydrogen-bond donors (Lipinski definition) is 3. The zero-order valence-electron chi connectivity index (χ0n) is 19.4. The van der Waals surface area contributed by atoms with Gasteiger partial charge in [-0.1, -0.05) is 85.8 Å². The molecule has 7 heteroatoms. The molecule has 0 heterocycles. The van der Waals surface area contributed by atoms with Gasteiger partial charge in [-0.25, -0.2) is 4.79 Å². The normalized spacial score (nSPS) is 13.7. The number of ether oxygens (including phenoxy) is 1. The van der Waals surface area contributed by atoms with Crippen LogP contribution in [0.3, 0.4) is 0 Å². The van der Waals surface area contributed by atoms with Crippen LogP contribution in [0.4, 0.5) is 4.79 Å². The second kappa shape index (κ2) is 10.9. The van der Waals surface area contributed by atoms with Gasteiger partial charge in [0.1, 0.15) is 12.6 Å². The van der Waals surface area contributed by atoms with Crippen molar-refractivity contribution < 1.29 is 24.2 Å². The SMILES string of the molecule is CC[C@H](CC(=O)O)NC(=O)[C@@H](NC(=O)OCC1c2ccccc2-c2ccccc21)c1ccccc1. The molecule has 0 aromatic heterocycles. The minimum absolute atomic E-state index is 0.0998. The second-order valence-corrected chi connectivity index (χ2v) is 8.53. The number of hydrogen-bond acceptors (Lipinski definition) is 4. The summed E-state index contributed by atoms with van der Waals surface area (Å²) in [5.41, 5.74) is 5.02. The first-order valence-electron chi connectivity index (χ1n) is 11.7. The monoisotopic (exact) mass is 472 g/mol. The summed E-state index contributed by atoms with van der Waals surface area (Å²) in [4.78, 5) is 37.0. The maximum absolute atomic E-state index is 13.0. The Kier molecular flexibility index (Phi) is 7.45. The topological polar surface area (TPSA) is 105 Å². The summed E-state index contributed by atoms with van der Waals surface area (Å²) in [5.74, 6) is -1.59. The van der Waals surface area contributed by atoms with Crippen molar-refractivity contribution in [1.29, 1.82) is 0 Å². The molecule has 3 N–H and O–H groups in total. The maximum atomic E-state index is 13.0. The number of fused-ring (bicyclic) bond motifs is 3. The highest BCUT2D eigenvalue weighted by Gasteiger charge is 2.30. The Bertz CT molecular complexity index is 1170. The Morgan fingerprint density at radius 2 is 1.43 bits per heavy atom. The van der Waals surface area contributed by atoms with Gasteiger partial charge < -0.3 is 20.5 Å². The van der Waals surface area contributed by atoms with Crippen LogP contribution in [0.25, 0.3) is 11.1 Å². The third-order valence-corrected chi connectivity index (χ3v) is 6.26. The van der Waals surface area contributed by atoms with E-state index in [4.69, 9.17) is 9.84 Å². The van der Waals surface area contributed by atoms with Gasteiger partial charge in [0.15, 0.2) is 0 Å². The van der Waals surface area contributed by atoms with E-state index in [9.17, 15) is 14.4 Å². The summed E-state index contributed by atoms with van der Waals surface area (Å²) < 4.78 is 5.61. The number of carboxylic acids is 1. The molecule has 3 aromatic carbocycles. The molecule has 0 radical (unpaired) electrons. The molecule has 1 aliphatic rings. The van der Waals surface area contributed by atoms with Gasteiger partial charge in [-0.3, -0.25) is 9.59 Å². The molecule has 3 aromatic rings. The van der Waals surface area contributed by atoms with Crippen LogP contribution in [0.5, 0.6) is 0 Å². The number of rotatable bonds is 9. The van der Waals surface area contributed by atoms with E-state index in [1.54, 1.807) is 31.2 Å². The number of nitrogens with one attached hydrogen (secondary N) is 2. The van der Waals surface area contributed by atoms with Crippen LogP contribution in [0, 0.1) is 0 Å². The molecule has 2 amide bonds. The largest absolute Gasteiger partial charge is 0.481 e. The van der Waals surface area contributed by atoms with Gasteiger partial charge in [0, 0.05) is 12.0 Å². The van der Waals surface area contributed by atoms with Crippen LogP contribution in [0.2, 0.25) is 0 Å². The van der Waals surface area contributed by atoms with Crippen LogP contribution < -0.4 is 10.6 Å². The van der Waals surface area contributed by atoms with E-state index in [2.05, 4.69) is 22.8 Å². The zero-order chi connectivity index (χ0) is 24.8. The summed E-state index contributed by atoms with van der Waals surface area (Å²) in [5, 5.41) is 14.5. The Morgan fingerprint density at radius 3 is 2.00 bits per heavy atom. The van der Waals surface area contributed by atoms with E-state index in [1.165, 1.54) is 0 Å². The van der Waals surface area contributed by atoms with E-state index in [-0.39, 0.29) is 18.9 Å². The van der Waals surface area contributed by atoms with Crippen LogP contribution in [0.1, 0.15) is 48.4 Å². The van der Waals surface area contributed by atoms with Crippen molar-refractivity contribution in [3.05, 3.63) is 95.6 Å². The van der Waals surface area contributed by atoms with Crippen molar-refractivity contribution >= 4 is 18.0 Å². The molecule has 7 nitrogen and oxygen atoms in total. The molecule has 35 heavy (non-hydrogen) atoms. The number of alkyl carbamates (subject to hydrolysis) is 1. The number of aliphatic carboxylic acids is 1. The molecule has 0 aliphatic heterocycles. The molecule has 0 saturated heterocycles. The fourth-order valence-electron chi connectivity index (χ4n) is 4.50. The predicted octanol–water partition coefficient (Wildman–Crippen LogP) is 4.64. The van der Waals surface area contributed by atoms with E-state index < -0.39 is 30.1 Å². The maximum Gasteiger partial charge on any atom is 0.408 e. The highest BCUT2D eigenvalue weighted by Crippen LogP contribution is 2.44. The molecule has 0 unspecified atom stereocenters. The van der Waals surface area contributed by atoms with Gasteiger partial charge in [0.25, 0.3) is 0 Å². The minimum atomic E-state index is -1.02. The fraction of sp³-hybridized carbons (Fsp3) is 0.250. The highest BCUT2D eigenvalue weighted by molar-refractivity contribution is 5.87. The molecule has 2 atom stereocenters. The first-order chi connectivity index (χ1) is 17.0. The van der Waals surface area contributed by atoms with Crippen LogP contribution >= 0.6 is 0 Å². The number of benzene rings is 3. The van der Waals surface area contributed by atoms with Gasteiger partial charge in [0.2, 0.25) is 5.91 Å². The van der Waals surface area contributed by atoms with Crippen molar-refractivity contribution in [2.24, 2.45) is 0 Å². The van der Waals surface area contributed by atoms with Gasteiger partial charge in [-0.2, -0.15) is 0 Å². The standard InChI is InChI=1S/C28H28N2O5/c1-2-19(16-25(31)32)29-27(33)26(18-10-4-3-5-11-18)30-28(34)35-17-24-22-14-8-6-12-20(22)21-13-7-9-15-23(21)24/h3-15,19,24,26H,2,16-17H2,1H3,(H,29,33)(H,30,34)(H,31,32)/t19-,26+/m1/s1. The molecular formula is C28H28N2O5. The Hall–Kier alpha value is -4.13. The van der Waals surface area contributed by atoms with Gasteiger partial charge in [-0.05, 0) is 34.2 Å². The van der Waals surface area contributed by atoms with Crippen LogP contribution in [-0.4, -0.2) is 35.7 Å². The second-order valence-electron chi connectivity index (χ2n) is 8.53. The predicted molar refractivity (Wildman–Crippen MR) is 132 cm³/mol. The van der Waals surface area contributed by atoms with Crippen molar-refractivity contribution in [3.63, 3.8) is 0 Å². The number of amides is 2. The summed E-state index contributed by atoms with van der Waals surface area (Å²) in [7, 11) is 0. The van der Waals surface area contributed by atoms with Crippen molar-refractivity contribution in [3.8, 4) is 11.1 Å². The zero-order valence-corrected chi connectivity index (χ0v) is 19.4. The number of carbonyl (C=O) groups is 3. The lowest BCUT2D eigenvalue weighted by Gasteiger charge is -2.23. The van der Waals surface area contributed by atoms with Gasteiger partial charge >= 0.3 is 12.1 Å². The lowest BCUT2D eigenvalue weighted by Crippen LogP contribution is -2.45. The quantitative estimate of drug-likeness (QED) is 0.421.